The number of likely N-dealkylation sites (tertiary alicyclic amines) is 1. The second kappa shape index (κ2) is 6.71. The third kappa shape index (κ3) is 5.43. The normalized spacial score (nSPS) is 18.1. The Kier molecular flexibility index (Phi) is 5.55. The summed E-state index contributed by atoms with van der Waals surface area (Å²) in [5.41, 5.74) is 5.42. The standard InChI is InChI=1S/C10H15F3N2O4/c11-10(12,13)9(17)19-18-8(16)7(14)3-6-15-4-1-2-5-15/h7H,1-6,14H2/t7-/m0/s1. The van der Waals surface area contributed by atoms with Crippen LogP contribution in [-0.4, -0.2) is 48.7 Å². The third-order valence-corrected chi connectivity index (χ3v) is 2.69. The van der Waals surface area contributed by atoms with Crippen molar-refractivity contribution in [2.45, 2.75) is 31.5 Å². The first-order chi connectivity index (χ1) is 8.80. The highest BCUT2D eigenvalue weighted by atomic mass is 19.4. The summed E-state index contributed by atoms with van der Waals surface area (Å²) in [5, 5.41) is 0. The molecule has 9 heteroatoms. The maximum absolute atomic E-state index is 11.7. The van der Waals surface area contributed by atoms with Crippen molar-refractivity contribution in [3.63, 3.8) is 0 Å². The second-order valence-corrected chi connectivity index (χ2v) is 4.21. The van der Waals surface area contributed by atoms with E-state index >= 15 is 0 Å². The van der Waals surface area contributed by atoms with Crippen molar-refractivity contribution in [1.29, 1.82) is 0 Å². The Balaban J connectivity index is 2.22. The largest absolute Gasteiger partial charge is 0.495 e. The Bertz CT molecular complexity index is 329. The van der Waals surface area contributed by atoms with Gasteiger partial charge < -0.3 is 10.6 Å². The smallest absolute Gasteiger partial charge is 0.318 e. The van der Waals surface area contributed by atoms with Crippen molar-refractivity contribution in [2.75, 3.05) is 19.6 Å². The van der Waals surface area contributed by atoms with Gasteiger partial charge in [-0.05, 0) is 32.4 Å². The molecule has 2 N–H and O–H groups in total. The Morgan fingerprint density at radius 3 is 2.32 bits per heavy atom. The van der Waals surface area contributed by atoms with E-state index in [4.69, 9.17) is 5.73 Å². The first kappa shape index (κ1) is 15.7. The van der Waals surface area contributed by atoms with Crippen molar-refractivity contribution in [3.8, 4) is 0 Å². The molecule has 1 heterocycles. The fraction of sp³-hybridized carbons (Fsp3) is 0.800. The molecule has 0 unspecified atom stereocenters. The molecule has 1 fully saturated rings. The van der Waals surface area contributed by atoms with Crippen molar-refractivity contribution >= 4 is 11.9 Å². The molecule has 1 saturated heterocycles. The van der Waals surface area contributed by atoms with Gasteiger partial charge in [0.15, 0.2) is 0 Å². The highest BCUT2D eigenvalue weighted by Gasteiger charge is 2.43. The Hall–Kier alpha value is -1.35. The van der Waals surface area contributed by atoms with Gasteiger partial charge in [0, 0.05) is 6.54 Å². The van der Waals surface area contributed by atoms with Crippen LogP contribution in [0.1, 0.15) is 19.3 Å². The van der Waals surface area contributed by atoms with Crippen molar-refractivity contribution in [2.24, 2.45) is 5.73 Å². The average molecular weight is 284 g/mol. The van der Waals surface area contributed by atoms with Crippen LogP contribution < -0.4 is 5.73 Å². The minimum Gasteiger partial charge on any atom is -0.318 e. The minimum absolute atomic E-state index is 0.225. The summed E-state index contributed by atoms with van der Waals surface area (Å²) >= 11 is 0. The number of rotatable bonds is 4. The Morgan fingerprint density at radius 2 is 1.79 bits per heavy atom. The van der Waals surface area contributed by atoms with E-state index in [0.717, 1.165) is 25.9 Å². The number of nitrogens with two attached hydrogens (primary N) is 1. The molecule has 0 radical (unpaired) electrons. The molecule has 1 atom stereocenters. The fourth-order valence-corrected chi connectivity index (χ4v) is 1.63. The van der Waals surface area contributed by atoms with Gasteiger partial charge in [0.2, 0.25) is 0 Å². The summed E-state index contributed by atoms with van der Waals surface area (Å²) in [7, 11) is 0. The van der Waals surface area contributed by atoms with E-state index < -0.39 is 24.2 Å². The van der Waals surface area contributed by atoms with Gasteiger partial charge >= 0.3 is 18.1 Å². The molecule has 0 aliphatic carbocycles. The highest BCUT2D eigenvalue weighted by molar-refractivity contribution is 5.78. The van der Waals surface area contributed by atoms with Crippen LogP contribution in [0.15, 0.2) is 0 Å². The summed E-state index contributed by atoms with van der Waals surface area (Å²) in [4.78, 5) is 30.6. The second-order valence-electron chi connectivity index (χ2n) is 4.21. The Morgan fingerprint density at radius 1 is 1.21 bits per heavy atom. The zero-order valence-corrected chi connectivity index (χ0v) is 10.1. The summed E-state index contributed by atoms with van der Waals surface area (Å²) in [6.07, 6.45) is -2.84. The van der Waals surface area contributed by atoms with Crippen LogP contribution in [-0.2, 0) is 19.4 Å². The van der Waals surface area contributed by atoms with Crippen LogP contribution in [0.3, 0.4) is 0 Å². The highest BCUT2D eigenvalue weighted by Crippen LogP contribution is 2.16. The number of nitrogens with zero attached hydrogens (tertiary/aromatic N) is 1. The number of hydrogen-bond donors (Lipinski definition) is 1. The monoisotopic (exact) mass is 284 g/mol. The van der Waals surface area contributed by atoms with Gasteiger partial charge in [-0.3, -0.25) is 0 Å². The summed E-state index contributed by atoms with van der Waals surface area (Å²) in [6, 6.07) is -1.12. The van der Waals surface area contributed by atoms with Gasteiger partial charge in [0.25, 0.3) is 0 Å². The molecule has 1 aliphatic rings. The molecule has 0 amide bonds. The SMILES string of the molecule is N[C@@H](CCN1CCCC1)C(=O)OOC(=O)C(F)(F)F. The number of alkyl halides is 3. The predicted octanol–water partition coefficient (Wildman–Crippen LogP) is 0.363. The van der Waals surface area contributed by atoms with Gasteiger partial charge in [-0.15, -0.1) is 0 Å². The lowest BCUT2D eigenvalue weighted by Crippen LogP contribution is -2.37. The first-order valence-corrected chi connectivity index (χ1v) is 5.78. The summed E-state index contributed by atoms with van der Waals surface area (Å²) < 4.78 is 35.2. The van der Waals surface area contributed by atoms with Gasteiger partial charge in [-0.1, -0.05) is 0 Å². The number of hydrogen-bond acceptors (Lipinski definition) is 6. The van der Waals surface area contributed by atoms with Crippen LogP contribution in [0.5, 0.6) is 0 Å². The zero-order valence-electron chi connectivity index (χ0n) is 10.1. The van der Waals surface area contributed by atoms with Crippen LogP contribution in [0.4, 0.5) is 13.2 Å². The maximum atomic E-state index is 11.7. The quantitative estimate of drug-likeness (QED) is 0.593. The van der Waals surface area contributed by atoms with Gasteiger partial charge in [-0.2, -0.15) is 13.2 Å². The summed E-state index contributed by atoms with van der Waals surface area (Å²) in [5.74, 6) is -3.79. The van der Waals surface area contributed by atoms with Crippen molar-refractivity contribution < 1.29 is 32.5 Å². The number of carbonyl (C=O) groups is 2. The third-order valence-electron chi connectivity index (χ3n) is 2.69. The van der Waals surface area contributed by atoms with Crippen LogP contribution in [0.25, 0.3) is 0 Å². The molecule has 1 aliphatic heterocycles. The van der Waals surface area contributed by atoms with E-state index in [1.165, 1.54) is 0 Å². The van der Waals surface area contributed by atoms with E-state index in [2.05, 4.69) is 14.7 Å². The lowest BCUT2D eigenvalue weighted by Gasteiger charge is -2.16. The molecule has 110 valence electrons. The predicted molar refractivity (Wildman–Crippen MR) is 56.5 cm³/mol. The minimum atomic E-state index is -5.21. The zero-order chi connectivity index (χ0) is 14.5. The molecule has 1 rings (SSSR count). The van der Waals surface area contributed by atoms with Crippen LogP contribution in [0.2, 0.25) is 0 Å². The summed E-state index contributed by atoms with van der Waals surface area (Å²) in [6.45, 7) is 2.36. The molecule has 0 saturated carbocycles. The first-order valence-electron chi connectivity index (χ1n) is 5.78. The van der Waals surface area contributed by atoms with Gasteiger partial charge in [-0.25, -0.2) is 19.4 Å². The van der Waals surface area contributed by atoms with Crippen LogP contribution >= 0.6 is 0 Å². The van der Waals surface area contributed by atoms with Gasteiger partial charge in [0.05, 0.1) is 0 Å². The fourth-order valence-electron chi connectivity index (χ4n) is 1.63. The molecule has 0 aromatic carbocycles. The molecule has 6 nitrogen and oxygen atoms in total. The molecule has 19 heavy (non-hydrogen) atoms. The van der Waals surface area contributed by atoms with E-state index in [1.807, 2.05) is 0 Å². The Labute approximate surface area is 107 Å². The van der Waals surface area contributed by atoms with E-state index in [1.54, 1.807) is 0 Å². The van der Waals surface area contributed by atoms with E-state index in [0.29, 0.717) is 6.54 Å². The molecular formula is C10H15F3N2O4. The van der Waals surface area contributed by atoms with Crippen LogP contribution in [0, 0.1) is 0 Å². The molecular weight excluding hydrogens is 269 g/mol. The van der Waals surface area contributed by atoms with E-state index in [-0.39, 0.29) is 6.42 Å². The lowest BCUT2D eigenvalue weighted by atomic mass is 10.2. The van der Waals surface area contributed by atoms with E-state index in [9.17, 15) is 22.8 Å². The molecule has 0 spiro atoms. The number of halogens is 3. The molecule has 0 bridgehead atoms. The molecule has 0 aromatic heterocycles. The van der Waals surface area contributed by atoms with Gasteiger partial charge in [0.1, 0.15) is 6.04 Å². The van der Waals surface area contributed by atoms with Crippen molar-refractivity contribution in [3.05, 3.63) is 0 Å². The topological polar surface area (TPSA) is 81.9 Å². The number of carbonyl (C=O) groups excluding carboxylic acids is 2. The molecule has 0 aromatic rings. The van der Waals surface area contributed by atoms with Crippen molar-refractivity contribution in [1.82, 2.24) is 4.90 Å². The lowest BCUT2D eigenvalue weighted by molar-refractivity contribution is -0.286. The maximum Gasteiger partial charge on any atom is 0.495 e. The average Bonchev–Trinajstić information content (AvgIpc) is 2.84.